The zero-order valence-electron chi connectivity index (χ0n) is 10.4. The van der Waals surface area contributed by atoms with E-state index in [2.05, 4.69) is 20.3 Å². The van der Waals surface area contributed by atoms with Crippen LogP contribution in [0.2, 0.25) is 0 Å². The maximum Gasteiger partial charge on any atom is 0.322 e. The van der Waals surface area contributed by atoms with E-state index in [1.54, 1.807) is 0 Å². The molecule has 0 saturated heterocycles. The first kappa shape index (κ1) is 13.0. The number of rotatable bonds is 5. The predicted octanol–water partition coefficient (Wildman–Crippen LogP) is 1.01. The molecule has 0 radical (unpaired) electrons. The van der Waals surface area contributed by atoms with Crippen molar-refractivity contribution in [2.24, 2.45) is 0 Å². The highest BCUT2D eigenvalue weighted by Crippen LogP contribution is 2.14. The van der Waals surface area contributed by atoms with Gasteiger partial charge in [-0.3, -0.25) is 0 Å². The molecule has 0 atom stereocenters. The van der Waals surface area contributed by atoms with E-state index in [-0.39, 0.29) is 18.0 Å². The molecule has 1 N–H and O–H groups in total. The summed E-state index contributed by atoms with van der Waals surface area (Å²) in [5.74, 6) is 0.681. The molecule has 0 aromatic carbocycles. The SMILES string of the molecule is CCN(C#N)c1nc(NC(C)C)nc(OC)n1. The first-order chi connectivity index (χ1) is 8.10. The van der Waals surface area contributed by atoms with Crippen molar-refractivity contribution in [2.45, 2.75) is 26.8 Å². The van der Waals surface area contributed by atoms with Gasteiger partial charge in [0.25, 0.3) is 0 Å². The predicted molar refractivity (Wildman–Crippen MR) is 63.8 cm³/mol. The van der Waals surface area contributed by atoms with E-state index < -0.39 is 0 Å². The van der Waals surface area contributed by atoms with Gasteiger partial charge in [0, 0.05) is 12.6 Å². The van der Waals surface area contributed by atoms with Crippen molar-refractivity contribution in [3.05, 3.63) is 0 Å². The number of hydrogen-bond donors (Lipinski definition) is 1. The second kappa shape index (κ2) is 5.84. The Kier molecular flexibility index (Phi) is 4.46. The monoisotopic (exact) mass is 236 g/mol. The Morgan fingerprint density at radius 1 is 1.41 bits per heavy atom. The highest BCUT2D eigenvalue weighted by molar-refractivity contribution is 5.42. The maximum absolute atomic E-state index is 8.93. The van der Waals surface area contributed by atoms with E-state index in [1.807, 2.05) is 27.0 Å². The van der Waals surface area contributed by atoms with Gasteiger partial charge in [-0.1, -0.05) is 0 Å². The van der Waals surface area contributed by atoms with Crippen molar-refractivity contribution in [3.63, 3.8) is 0 Å². The number of aromatic nitrogens is 3. The standard InChI is InChI=1S/C10H16N6O/c1-5-16(6-11)9-13-8(12-7(2)3)14-10(15-9)17-4/h7H,5H2,1-4H3,(H,12,13,14,15). The highest BCUT2D eigenvalue weighted by Gasteiger charge is 2.12. The fourth-order valence-electron chi connectivity index (χ4n) is 1.14. The van der Waals surface area contributed by atoms with Gasteiger partial charge in [0.2, 0.25) is 11.9 Å². The fourth-order valence-corrected chi connectivity index (χ4v) is 1.14. The molecule has 17 heavy (non-hydrogen) atoms. The molecular formula is C10H16N6O. The normalized spacial score (nSPS) is 9.88. The van der Waals surface area contributed by atoms with Gasteiger partial charge in [0.15, 0.2) is 6.19 Å². The number of ether oxygens (including phenoxy) is 1. The van der Waals surface area contributed by atoms with Crippen LogP contribution in [0, 0.1) is 11.5 Å². The first-order valence-electron chi connectivity index (χ1n) is 5.34. The Hall–Kier alpha value is -2.10. The summed E-state index contributed by atoms with van der Waals surface area (Å²) in [5.41, 5.74) is 0. The minimum atomic E-state index is 0.187. The van der Waals surface area contributed by atoms with Gasteiger partial charge in [-0.05, 0) is 20.8 Å². The number of nitrogens with zero attached hydrogens (tertiary/aromatic N) is 5. The Morgan fingerprint density at radius 3 is 2.59 bits per heavy atom. The van der Waals surface area contributed by atoms with Crippen LogP contribution in [0.1, 0.15) is 20.8 Å². The van der Waals surface area contributed by atoms with Crippen molar-refractivity contribution < 1.29 is 4.74 Å². The quantitative estimate of drug-likeness (QED) is 0.603. The molecule has 0 unspecified atom stereocenters. The van der Waals surface area contributed by atoms with Gasteiger partial charge in [0.05, 0.1) is 7.11 Å². The van der Waals surface area contributed by atoms with Crippen molar-refractivity contribution in [1.82, 2.24) is 15.0 Å². The topological polar surface area (TPSA) is 87.0 Å². The van der Waals surface area contributed by atoms with Crippen LogP contribution in [0.3, 0.4) is 0 Å². The minimum Gasteiger partial charge on any atom is -0.467 e. The molecule has 0 bridgehead atoms. The summed E-state index contributed by atoms with van der Waals surface area (Å²) in [7, 11) is 1.47. The summed E-state index contributed by atoms with van der Waals surface area (Å²) in [6, 6.07) is 0.374. The lowest BCUT2D eigenvalue weighted by molar-refractivity contribution is 0.379. The molecule has 1 heterocycles. The Bertz CT molecular complexity index is 414. The second-order valence-electron chi connectivity index (χ2n) is 3.59. The van der Waals surface area contributed by atoms with Gasteiger partial charge >= 0.3 is 6.01 Å². The van der Waals surface area contributed by atoms with Gasteiger partial charge in [0.1, 0.15) is 0 Å². The third kappa shape index (κ3) is 3.45. The molecule has 0 spiro atoms. The number of nitriles is 1. The molecule has 0 aliphatic carbocycles. The van der Waals surface area contributed by atoms with Crippen molar-refractivity contribution in [2.75, 3.05) is 23.9 Å². The summed E-state index contributed by atoms with van der Waals surface area (Å²) in [6.45, 7) is 6.27. The Morgan fingerprint density at radius 2 is 2.12 bits per heavy atom. The summed E-state index contributed by atoms with van der Waals surface area (Å²) >= 11 is 0. The average molecular weight is 236 g/mol. The van der Waals surface area contributed by atoms with Crippen LogP contribution in [-0.2, 0) is 0 Å². The zero-order valence-corrected chi connectivity index (χ0v) is 10.4. The molecule has 0 fully saturated rings. The second-order valence-corrected chi connectivity index (χ2v) is 3.59. The van der Waals surface area contributed by atoms with Crippen LogP contribution >= 0.6 is 0 Å². The van der Waals surface area contributed by atoms with Gasteiger partial charge < -0.3 is 10.1 Å². The molecule has 0 aliphatic heterocycles. The van der Waals surface area contributed by atoms with Crippen LogP contribution < -0.4 is 15.0 Å². The number of anilines is 2. The van der Waals surface area contributed by atoms with Crippen molar-refractivity contribution >= 4 is 11.9 Å². The van der Waals surface area contributed by atoms with Gasteiger partial charge in [-0.2, -0.15) is 20.2 Å². The number of nitrogens with one attached hydrogen (secondary N) is 1. The lowest BCUT2D eigenvalue weighted by atomic mass is 10.4. The third-order valence-electron chi connectivity index (χ3n) is 1.88. The molecule has 1 aromatic rings. The number of methoxy groups -OCH3 is 1. The van der Waals surface area contributed by atoms with Crippen LogP contribution in [0.5, 0.6) is 6.01 Å². The molecule has 0 saturated carbocycles. The van der Waals surface area contributed by atoms with E-state index in [4.69, 9.17) is 10.00 Å². The van der Waals surface area contributed by atoms with Crippen molar-refractivity contribution in [1.29, 1.82) is 5.26 Å². The largest absolute Gasteiger partial charge is 0.467 e. The van der Waals surface area contributed by atoms with Crippen LogP contribution in [-0.4, -0.2) is 34.6 Å². The van der Waals surface area contributed by atoms with Crippen molar-refractivity contribution in [3.8, 4) is 12.2 Å². The van der Waals surface area contributed by atoms with E-state index >= 15 is 0 Å². The summed E-state index contributed by atoms with van der Waals surface area (Å²) in [6.07, 6.45) is 2.00. The maximum atomic E-state index is 8.93. The van der Waals surface area contributed by atoms with Crippen LogP contribution in [0.4, 0.5) is 11.9 Å². The molecular weight excluding hydrogens is 220 g/mol. The Labute approximate surface area is 100 Å². The van der Waals surface area contributed by atoms with Crippen LogP contribution in [0.25, 0.3) is 0 Å². The number of hydrogen-bond acceptors (Lipinski definition) is 7. The minimum absolute atomic E-state index is 0.187. The lowest BCUT2D eigenvalue weighted by Crippen LogP contribution is -2.21. The summed E-state index contributed by atoms with van der Waals surface area (Å²) < 4.78 is 4.98. The molecule has 7 nitrogen and oxygen atoms in total. The molecule has 0 amide bonds. The van der Waals surface area contributed by atoms with E-state index in [0.29, 0.717) is 12.5 Å². The molecule has 1 aromatic heterocycles. The smallest absolute Gasteiger partial charge is 0.322 e. The lowest BCUT2D eigenvalue weighted by Gasteiger charge is -2.14. The zero-order chi connectivity index (χ0) is 12.8. The van der Waals surface area contributed by atoms with E-state index in [1.165, 1.54) is 12.0 Å². The molecule has 1 rings (SSSR count). The Balaban J connectivity index is 3.09. The summed E-state index contributed by atoms with van der Waals surface area (Å²) in [4.78, 5) is 13.6. The third-order valence-corrected chi connectivity index (χ3v) is 1.88. The summed E-state index contributed by atoms with van der Waals surface area (Å²) in [5, 5.41) is 12.0. The fraction of sp³-hybridized carbons (Fsp3) is 0.600. The van der Waals surface area contributed by atoms with E-state index in [0.717, 1.165) is 0 Å². The molecule has 7 heteroatoms. The van der Waals surface area contributed by atoms with Gasteiger partial charge in [-0.15, -0.1) is 0 Å². The van der Waals surface area contributed by atoms with E-state index in [9.17, 15) is 0 Å². The molecule has 92 valence electrons. The average Bonchev–Trinajstić information content (AvgIpc) is 2.29. The molecule has 0 aliphatic rings. The first-order valence-corrected chi connectivity index (χ1v) is 5.34. The highest BCUT2D eigenvalue weighted by atomic mass is 16.5. The van der Waals surface area contributed by atoms with Crippen LogP contribution in [0.15, 0.2) is 0 Å². The van der Waals surface area contributed by atoms with Gasteiger partial charge in [-0.25, -0.2) is 4.90 Å².